The van der Waals surface area contributed by atoms with Crippen molar-refractivity contribution in [3.63, 3.8) is 0 Å². The SMILES string of the molecule is c1ccc2c(c1)CCN=C2c1nc2ccccc2s1. The van der Waals surface area contributed by atoms with Crippen LogP contribution in [0.3, 0.4) is 0 Å². The van der Waals surface area contributed by atoms with Gasteiger partial charge >= 0.3 is 0 Å². The quantitative estimate of drug-likeness (QED) is 0.658. The van der Waals surface area contributed by atoms with Crippen molar-refractivity contribution in [1.29, 1.82) is 0 Å². The highest BCUT2D eigenvalue weighted by molar-refractivity contribution is 7.20. The maximum absolute atomic E-state index is 4.72. The molecule has 0 bridgehead atoms. The normalized spacial score (nSPS) is 14.2. The first-order chi connectivity index (χ1) is 9.42. The topological polar surface area (TPSA) is 25.2 Å². The van der Waals surface area contributed by atoms with E-state index in [0.717, 1.165) is 29.2 Å². The minimum Gasteiger partial charge on any atom is -0.281 e. The van der Waals surface area contributed by atoms with Crippen LogP contribution in [0.15, 0.2) is 53.5 Å². The standard InChI is InChI=1S/C16H12N2S/c1-2-6-12-11(5-1)9-10-17-15(12)16-18-13-7-3-4-8-14(13)19-16/h1-8H,9-10H2. The van der Waals surface area contributed by atoms with Crippen molar-refractivity contribution in [2.45, 2.75) is 6.42 Å². The fraction of sp³-hybridized carbons (Fsp3) is 0.125. The van der Waals surface area contributed by atoms with Crippen LogP contribution in [0, 0.1) is 0 Å². The highest BCUT2D eigenvalue weighted by Crippen LogP contribution is 2.27. The Hall–Kier alpha value is -2.00. The number of thiazole rings is 1. The van der Waals surface area contributed by atoms with Crippen LogP contribution >= 0.6 is 11.3 Å². The molecule has 92 valence electrons. The number of benzene rings is 2. The number of aliphatic imine (C=N–C) groups is 1. The number of hydrogen-bond donors (Lipinski definition) is 0. The first-order valence-corrected chi connectivity index (χ1v) is 7.22. The lowest BCUT2D eigenvalue weighted by molar-refractivity contribution is 0.943. The molecule has 2 nitrogen and oxygen atoms in total. The Kier molecular flexibility index (Phi) is 2.45. The molecule has 0 spiro atoms. The zero-order valence-corrected chi connectivity index (χ0v) is 11.2. The monoisotopic (exact) mass is 264 g/mol. The molecule has 0 fully saturated rings. The van der Waals surface area contributed by atoms with Crippen molar-refractivity contribution < 1.29 is 0 Å². The fourth-order valence-electron chi connectivity index (χ4n) is 2.50. The van der Waals surface area contributed by atoms with E-state index < -0.39 is 0 Å². The average molecular weight is 264 g/mol. The molecular weight excluding hydrogens is 252 g/mol. The zero-order chi connectivity index (χ0) is 12.7. The molecule has 0 amide bonds. The van der Waals surface area contributed by atoms with E-state index in [2.05, 4.69) is 42.5 Å². The molecule has 2 aromatic carbocycles. The van der Waals surface area contributed by atoms with E-state index in [1.54, 1.807) is 11.3 Å². The number of nitrogens with zero attached hydrogens (tertiary/aromatic N) is 2. The Balaban J connectivity index is 1.90. The lowest BCUT2D eigenvalue weighted by Gasteiger charge is -2.14. The summed E-state index contributed by atoms with van der Waals surface area (Å²) in [7, 11) is 0. The minimum atomic E-state index is 0.863. The summed E-state index contributed by atoms with van der Waals surface area (Å²) < 4.78 is 1.23. The maximum atomic E-state index is 4.72. The summed E-state index contributed by atoms with van der Waals surface area (Å²) in [5.41, 5.74) is 4.75. The summed E-state index contributed by atoms with van der Waals surface area (Å²) in [5, 5.41) is 1.04. The van der Waals surface area contributed by atoms with Crippen LogP contribution in [-0.4, -0.2) is 17.2 Å². The van der Waals surface area contributed by atoms with Gasteiger partial charge in [-0.2, -0.15) is 0 Å². The molecule has 2 heterocycles. The molecule has 4 rings (SSSR count). The van der Waals surface area contributed by atoms with Crippen LogP contribution in [0.2, 0.25) is 0 Å². The van der Waals surface area contributed by atoms with Gasteiger partial charge in [-0.05, 0) is 24.1 Å². The van der Waals surface area contributed by atoms with Crippen LogP contribution in [0.25, 0.3) is 10.2 Å². The van der Waals surface area contributed by atoms with Crippen molar-refractivity contribution in [3.8, 4) is 0 Å². The van der Waals surface area contributed by atoms with Crippen molar-refractivity contribution in [2.75, 3.05) is 6.54 Å². The van der Waals surface area contributed by atoms with Crippen LogP contribution in [0.5, 0.6) is 0 Å². The third-order valence-corrected chi connectivity index (χ3v) is 4.46. The fourth-order valence-corrected chi connectivity index (χ4v) is 3.49. The van der Waals surface area contributed by atoms with E-state index >= 15 is 0 Å². The van der Waals surface area contributed by atoms with Gasteiger partial charge in [-0.1, -0.05) is 36.4 Å². The van der Waals surface area contributed by atoms with E-state index in [0.29, 0.717) is 0 Å². The predicted molar refractivity (Wildman–Crippen MR) is 80.3 cm³/mol. The Morgan fingerprint density at radius 2 is 1.79 bits per heavy atom. The second-order valence-electron chi connectivity index (χ2n) is 4.62. The molecule has 1 aliphatic rings. The maximum Gasteiger partial charge on any atom is 0.143 e. The number of para-hydroxylation sites is 1. The van der Waals surface area contributed by atoms with Gasteiger partial charge in [0.25, 0.3) is 0 Å². The molecule has 1 aromatic heterocycles. The van der Waals surface area contributed by atoms with Gasteiger partial charge in [-0.25, -0.2) is 4.98 Å². The van der Waals surface area contributed by atoms with Crippen molar-refractivity contribution in [1.82, 2.24) is 4.98 Å². The molecule has 19 heavy (non-hydrogen) atoms. The Morgan fingerprint density at radius 1 is 0.947 bits per heavy atom. The third kappa shape index (κ3) is 1.78. The third-order valence-electron chi connectivity index (χ3n) is 3.42. The van der Waals surface area contributed by atoms with Gasteiger partial charge in [0, 0.05) is 12.1 Å². The van der Waals surface area contributed by atoms with Crippen LogP contribution < -0.4 is 0 Å². The van der Waals surface area contributed by atoms with Gasteiger partial charge in [-0.3, -0.25) is 4.99 Å². The van der Waals surface area contributed by atoms with Gasteiger partial charge in [-0.15, -0.1) is 11.3 Å². The van der Waals surface area contributed by atoms with Crippen molar-refractivity contribution in [2.24, 2.45) is 4.99 Å². The van der Waals surface area contributed by atoms with E-state index in [1.165, 1.54) is 15.8 Å². The largest absolute Gasteiger partial charge is 0.281 e. The van der Waals surface area contributed by atoms with Gasteiger partial charge in [0.15, 0.2) is 0 Å². The molecule has 0 aliphatic carbocycles. The Morgan fingerprint density at radius 3 is 2.74 bits per heavy atom. The Labute approximate surface area is 115 Å². The van der Waals surface area contributed by atoms with Crippen LogP contribution in [-0.2, 0) is 6.42 Å². The molecule has 3 aromatic rings. The van der Waals surface area contributed by atoms with E-state index in [1.807, 2.05) is 6.07 Å². The van der Waals surface area contributed by atoms with Gasteiger partial charge in [0.05, 0.1) is 10.2 Å². The van der Waals surface area contributed by atoms with Crippen LogP contribution in [0.1, 0.15) is 16.1 Å². The summed E-state index contributed by atoms with van der Waals surface area (Å²) >= 11 is 1.73. The van der Waals surface area contributed by atoms with Gasteiger partial charge in [0.1, 0.15) is 10.7 Å². The average Bonchev–Trinajstić information content (AvgIpc) is 2.90. The molecular formula is C16H12N2S. The minimum absolute atomic E-state index is 0.863. The number of aromatic nitrogens is 1. The second kappa shape index (κ2) is 4.28. The van der Waals surface area contributed by atoms with E-state index in [9.17, 15) is 0 Å². The lowest BCUT2D eigenvalue weighted by atomic mass is 9.98. The van der Waals surface area contributed by atoms with Crippen molar-refractivity contribution in [3.05, 3.63) is 64.7 Å². The summed E-state index contributed by atoms with van der Waals surface area (Å²) in [5.74, 6) is 0. The number of fused-ring (bicyclic) bond motifs is 2. The summed E-state index contributed by atoms with van der Waals surface area (Å²) in [6.45, 7) is 0.863. The predicted octanol–water partition coefficient (Wildman–Crippen LogP) is 3.69. The summed E-state index contributed by atoms with van der Waals surface area (Å²) in [6, 6.07) is 16.8. The van der Waals surface area contributed by atoms with E-state index in [-0.39, 0.29) is 0 Å². The van der Waals surface area contributed by atoms with Gasteiger partial charge in [0.2, 0.25) is 0 Å². The van der Waals surface area contributed by atoms with Gasteiger partial charge < -0.3 is 0 Å². The molecule has 0 saturated heterocycles. The molecule has 1 aliphatic heterocycles. The highest BCUT2D eigenvalue weighted by Gasteiger charge is 2.18. The zero-order valence-electron chi connectivity index (χ0n) is 10.3. The summed E-state index contributed by atoms with van der Waals surface area (Å²) in [4.78, 5) is 9.42. The number of hydrogen-bond acceptors (Lipinski definition) is 3. The Bertz CT molecular complexity index is 753. The summed E-state index contributed by atoms with van der Waals surface area (Å²) in [6.07, 6.45) is 1.03. The molecule has 3 heteroatoms. The first-order valence-electron chi connectivity index (χ1n) is 6.40. The first kappa shape index (κ1) is 10.9. The molecule has 0 atom stereocenters. The smallest absolute Gasteiger partial charge is 0.143 e. The second-order valence-corrected chi connectivity index (χ2v) is 5.65. The molecule has 0 unspecified atom stereocenters. The van der Waals surface area contributed by atoms with Crippen LogP contribution in [0.4, 0.5) is 0 Å². The van der Waals surface area contributed by atoms with Crippen molar-refractivity contribution >= 4 is 27.3 Å². The molecule has 0 N–H and O–H groups in total. The highest BCUT2D eigenvalue weighted by atomic mass is 32.1. The number of rotatable bonds is 1. The van der Waals surface area contributed by atoms with E-state index in [4.69, 9.17) is 9.98 Å². The lowest BCUT2D eigenvalue weighted by Crippen LogP contribution is -2.13. The molecule has 0 saturated carbocycles. The molecule has 0 radical (unpaired) electrons.